The summed E-state index contributed by atoms with van der Waals surface area (Å²) in [6, 6.07) is 5.45. The van der Waals surface area contributed by atoms with Crippen LogP contribution in [0.2, 0.25) is 5.02 Å². The van der Waals surface area contributed by atoms with Gasteiger partial charge in [0.05, 0.1) is 5.02 Å². The van der Waals surface area contributed by atoms with E-state index >= 15 is 0 Å². The van der Waals surface area contributed by atoms with Crippen LogP contribution in [0, 0.1) is 0 Å². The Kier molecular flexibility index (Phi) is 5.34. The van der Waals surface area contributed by atoms with Gasteiger partial charge in [-0.15, -0.1) is 0 Å². The van der Waals surface area contributed by atoms with Crippen molar-refractivity contribution in [2.24, 2.45) is 0 Å². The lowest BCUT2D eigenvalue weighted by Crippen LogP contribution is -2.00. The molecular weight excluding hydrogens is 275 g/mol. The molecular formula is C12H14BrClO. The monoisotopic (exact) mass is 288 g/mol. The molecule has 0 radical (unpaired) electrons. The first-order valence-corrected chi connectivity index (χ1v) is 6.31. The fourth-order valence-corrected chi connectivity index (χ4v) is 1.99. The molecule has 1 aromatic carbocycles. The summed E-state index contributed by atoms with van der Waals surface area (Å²) in [5.74, 6) is 0.134. The molecule has 0 heterocycles. The van der Waals surface area contributed by atoms with E-state index in [4.69, 9.17) is 11.6 Å². The maximum atomic E-state index is 11.8. The normalized spacial score (nSPS) is 10.3. The second-order valence-electron chi connectivity index (χ2n) is 3.48. The van der Waals surface area contributed by atoms with E-state index in [1.165, 1.54) is 0 Å². The Hall–Kier alpha value is -0.340. The average molecular weight is 290 g/mol. The topological polar surface area (TPSA) is 17.1 Å². The Morgan fingerprint density at radius 1 is 1.40 bits per heavy atom. The molecule has 0 unspecified atom stereocenters. The number of hydrogen-bond acceptors (Lipinski definition) is 1. The molecule has 1 aromatic rings. The number of ketones is 1. The van der Waals surface area contributed by atoms with E-state index in [9.17, 15) is 4.79 Å². The lowest BCUT2D eigenvalue weighted by atomic mass is 10.1. The fraction of sp³-hybridized carbons (Fsp3) is 0.417. The van der Waals surface area contributed by atoms with E-state index in [-0.39, 0.29) is 5.78 Å². The largest absolute Gasteiger partial charge is 0.294 e. The van der Waals surface area contributed by atoms with Crippen LogP contribution in [0.3, 0.4) is 0 Å². The summed E-state index contributed by atoms with van der Waals surface area (Å²) < 4.78 is 0.783. The zero-order valence-electron chi connectivity index (χ0n) is 8.72. The number of carbonyl (C=O) groups is 1. The molecule has 0 aliphatic heterocycles. The molecule has 0 fully saturated rings. The first-order chi connectivity index (χ1) is 7.16. The summed E-state index contributed by atoms with van der Waals surface area (Å²) in [7, 11) is 0. The highest BCUT2D eigenvalue weighted by atomic mass is 79.9. The average Bonchev–Trinajstić information content (AvgIpc) is 2.22. The Morgan fingerprint density at radius 3 is 2.80 bits per heavy atom. The van der Waals surface area contributed by atoms with Gasteiger partial charge >= 0.3 is 0 Å². The third-order valence-corrected chi connectivity index (χ3v) is 3.56. The minimum atomic E-state index is 0.134. The van der Waals surface area contributed by atoms with Crippen molar-refractivity contribution >= 4 is 33.3 Å². The highest BCUT2D eigenvalue weighted by molar-refractivity contribution is 9.10. The molecule has 0 spiro atoms. The van der Waals surface area contributed by atoms with Crippen LogP contribution in [-0.2, 0) is 0 Å². The van der Waals surface area contributed by atoms with Crippen molar-refractivity contribution < 1.29 is 4.79 Å². The molecule has 15 heavy (non-hydrogen) atoms. The standard InChI is InChI=1S/C12H14BrClO/c1-2-3-4-8-11(15)9-6-5-7-10(13)12(9)14/h5-7H,2-4,8H2,1H3. The summed E-state index contributed by atoms with van der Waals surface area (Å²) in [5, 5.41) is 0.527. The van der Waals surface area contributed by atoms with Gasteiger partial charge in [0.15, 0.2) is 5.78 Å². The Morgan fingerprint density at radius 2 is 2.13 bits per heavy atom. The maximum Gasteiger partial charge on any atom is 0.164 e. The molecule has 0 amide bonds. The Balaban J connectivity index is 2.69. The number of rotatable bonds is 5. The molecule has 1 nitrogen and oxygen atoms in total. The molecule has 0 atom stereocenters. The third-order valence-electron chi connectivity index (χ3n) is 2.26. The lowest BCUT2D eigenvalue weighted by Gasteiger charge is -2.04. The number of hydrogen-bond donors (Lipinski definition) is 0. The summed E-state index contributed by atoms with van der Waals surface area (Å²) in [6.45, 7) is 2.12. The van der Waals surface area contributed by atoms with Crippen molar-refractivity contribution in [3.63, 3.8) is 0 Å². The fourth-order valence-electron chi connectivity index (χ4n) is 1.39. The van der Waals surface area contributed by atoms with Crippen LogP contribution in [0.1, 0.15) is 43.0 Å². The SMILES string of the molecule is CCCCCC(=O)c1cccc(Br)c1Cl. The van der Waals surface area contributed by atoms with E-state index in [2.05, 4.69) is 22.9 Å². The highest BCUT2D eigenvalue weighted by Crippen LogP contribution is 2.27. The van der Waals surface area contributed by atoms with E-state index in [1.807, 2.05) is 12.1 Å². The van der Waals surface area contributed by atoms with Crippen molar-refractivity contribution in [3.8, 4) is 0 Å². The van der Waals surface area contributed by atoms with Gasteiger partial charge < -0.3 is 0 Å². The van der Waals surface area contributed by atoms with Gasteiger partial charge in [-0.1, -0.05) is 37.4 Å². The summed E-state index contributed by atoms with van der Waals surface area (Å²) in [4.78, 5) is 11.8. The predicted molar refractivity (Wildman–Crippen MR) is 67.6 cm³/mol. The van der Waals surface area contributed by atoms with Gasteiger partial charge in [0.1, 0.15) is 0 Å². The number of halogens is 2. The third kappa shape index (κ3) is 3.62. The van der Waals surface area contributed by atoms with Crippen LogP contribution in [0.25, 0.3) is 0 Å². The molecule has 3 heteroatoms. The number of carbonyl (C=O) groups excluding carboxylic acids is 1. The molecule has 0 saturated carbocycles. The van der Waals surface area contributed by atoms with E-state index in [0.717, 1.165) is 23.7 Å². The van der Waals surface area contributed by atoms with Gasteiger partial charge in [0.2, 0.25) is 0 Å². The Labute approximate surface area is 104 Å². The Bertz CT molecular complexity index is 349. The van der Waals surface area contributed by atoms with E-state index in [0.29, 0.717) is 17.0 Å². The van der Waals surface area contributed by atoms with Crippen molar-refractivity contribution in [2.75, 3.05) is 0 Å². The van der Waals surface area contributed by atoms with Crippen LogP contribution in [0.4, 0.5) is 0 Å². The van der Waals surface area contributed by atoms with Gasteiger partial charge in [0, 0.05) is 16.5 Å². The number of unbranched alkanes of at least 4 members (excludes halogenated alkanes) is 2. The van der Waals surface area contributed by atoms with Crippen molar-refractivity contribution in [2.45, 2.75) is 32.6 Å². The summed E-state index contributed by atoms with van der Waals surface area (Å²) in [5.41, 5.74) is 0.627. The molecule has 82 valence electrons. The van der Waals surface area contributed by atoms with Crippen molar-refractivity contribution in [1.82, 2.24) is 0 Å². The van der Waals surface area contributed by atoms with Crippen LogP contribution >= 0.6 is 27.5 Å². The predicted octanol–water partition coefficient (Wildman–Crippen LogP) is 4.87. The minimum absolute atomic E-state index is 0.134. The molecule has 0 N–H and O–H groups in total. The second kappa shape index (κ2) is 6.29. The first kappa shape index (κ1) is 12.7. The minimum Gasteiger partial charge on any atom is -0.294 e. The smallest absolute Gasteiger partial charge is 0.164 e. The van der Waals surface area contributed by atoms with Crippen LogP contribution in [-0.4, -0.2) is 5.78 Å². The van der Waals surface area contributed by atoms with E-state index in [1.54, 1.807) is 6.07 Å². The number of Topliss-reactive ketones (excluding diaryl/α,β-unsaturated/α-hetero) is 1. The number of benzene rings is 1. The second-order valence-corrected chi connectivity index (χ2v) is 4.71. The van der Waals surface area contributed by atoms with Gasteiger partial charge in [-0.2, -0.15) is 0 Å². The molecule has 0 bridgehead atoms. The maximum absolute atomic E-state index is 11.8. The molecule has 0 aliphatic carbocycles. The summed E-state index contributed by atoms with van der Waals surface area (Å²) in [6.07, 6.45) is 3.75. The zero-order chi connectivity index (χ0) is 11.3. The lowest BCUT2D eigenvalue weighted by molar-refractivity contribution is 0.0979. The van der Waals surface area contributed by atoms with Crippen LogP contribution in [0.15, 0.2) is 22.7 Å². The molecule has 0 aromatic heterocycles. The molecule has 1 rings (SSSR count). The van der Waals surface area contributed by atoms with E-state index < -0.39 is 0 Å². The van der Waals surface area contributed by atoms with Crippen molar-refractivity contribution in [1.29, 1.82) is 0 Å². The zero-order valence-corrected chi connectivity index (χ0v) is 11.1. The first-order valence-electron chi connectivity index (χ1n) is 5.14. The molecule has 0 aliphatic rings. The van der Waals surface area contributed by atoms with Gasteiger partial charge in [-0.05, 0) is 34.5 Å². The van der Waals surface area contributed by atoms with Crippen LogP contribution < -0.4 is 0 Å². The highest BCUT2D eigenvalue weighted by Gasteiger charge is 2.11. The van der Waals surface area contributed by atoms with Gasteiger partial charge in [0.25, 0.3) is 0 Å². The van der Waals surface area contributed by atoms with Gasteiger partial charge in [-0.25, -0.2) is 0 Å². The summed E-state index contributed by atoms with van der Waals surface area (Å²) >= 11 is 9.35. The molecule has 0 saturated heterocycles. The van der Waals surface area contributed by atoms with Crippen LogP contribution in [0.5, 0.6) is 0 Å². The quantitative estimate of drug-likeness (QED) is 0.558. The van der Waals surface area contributed by atoms with Gasteiger partial charge in [-0.3, -0.25) is 4.79 Å². The van der Waals surface area contributed by atoms with Crippen molar-refractivity contribution in [3.05, 3.63) is 33.3 Å².